The number of carbonyl (C=O) groups is 1. The SMILES string of the molecule is C.CC.CC.COP(=O)([O-])OCCNC(=O)Cc1ccccc1. The molecular formula is C16H31NO5P-. The predicted molar refractivity (Wildman–Crippen MR) is 93.2 cm³/mol. The van der Waals surface area contributed by atoms with Crippen LogP contribution in [0.1, 0.15) is 40.7 Å². The van der Waals surface area contributed by atoms with E-state index in [2.05, 4.69) is 14.4 Å². The molecule has 0 aromatic heterocycles. The average molecular weight is 348 g/mol. The van der Waals surface area contributed by atoms with E-state index in [0.717, 1.165) is 12.7 Å². The van der Waals surface area contributed by atoms with Crippen molar-refractivity contribution in [3.63, 3.8) is 0 Å². The minimum Gasteiger partial charge on any atom is -0.756 e. The molecule has 6 nitrogen and oxygen atoms in total. The van der Waals surface area contributed by atoms with Gasteiger partial charge < -0.3 is 19.3 Å². The molecule has 136 valence electrons. The highest BCUT2D eigenvalue weighted by atomic mass is 31.2. The monoisotopic (exact) mass is 348 g/mol. The zero-order valence-corrected chi connectivity index (χ0v) is 14.9. The Kier molecular flexibility index (Phi) is 19.9. The second-order valence-corrected chi connectivity index (χ2v) is 4.99. The fraction of sp³-hybridized carbons (Fsp3) is 0.562. The number of benzene rings is 1. The molecule has 1 aromatic carbocycles. The first kappa shape index (κ1) is 26.7. The van der Waals surface area contributed by atoms with Crippen molar-refractivity contribution in [3.8, 4) is 0 Å². The maximum absolute atomic E-state index is 11.5. The Bertz CT molecular complexity index is 426. The van der Waals surface area contributed by atoms with Gasteiger partial charge in [-0.2, -0.15) is 0 Å². The smallest absolute Gasteiger partial charge is 0.267 e. The molecule has 0 radical (unpaired) electrons. The van der Waals surface area contributed by atoms with Crippen molar-refractivity contribution < 1.29 is 23.3 Å². The van der Waals surface area contributed by atoms with Crippen LogP contribution in [0.15, 0.2) is 30.3 Å². The lowest BCUT2D eigenvalue weighted by atomic mass is 10.1. The van der Waals surface area contributed by atoms with Crippen molar-refractivity contribution in [3.05, 3.63) is 35.9 Å². The van der Waals surface area contributed by atoms with Crippen molar-refractivity contribution in [2.45, 2.75) is 41.5 Å². The van der Waals surface area contributed by atoms with Crippen LogP contribution in [0.2, 0.25) is 0 Å². The minimum absolute atomic E-state index is 0. The first-order valence-electron chi connectivity index (χ1n) is 7.35. The van der Waals surface area contributed by atoms with Gasteiger partial charge in [-0.3, -0.25) is 9.36 Å². The molecule has 0 heterocycles. The van der Waals surface area contributed by atoms with Crippen LogP contribution in [0.3, 0.4) is 0 Å². The third-order valence-corrected chi connectivity index (χ3v) is 3.05. The summed E-state index contributed by atoms with van der Waals surface area (Å²) in [7, 11) is -3.19. The molecule has 0 spiro atoms. The molecule has 0 aliphatic heterocycles. The summed E-state index contributed by atoms with van der Waals surface area (Å²) >= 11 is 0. The van der Waals surface area contributed by atoms with Crippen LogP contribution in [0.4, 0.5) is 0 Å². The Morgan fingerprint density at radius 1 is 1.17 bits per heavy atom. The van der Waals surface area contributed by atoms with E-state index >= 15 is 0 Å². The number of carbonyl (C=O) groups excluding carboxylic acids is 1. The molecule has 1 rings (SSSR count). The van der Waals surface area contributed by atoms with Gasteiger partial charge in [0.25, 0.3) is 7.82 Å². The standard InChI is InChI=1S/C11H16NO5P.2C2H6.CH4/c1-16-18(14,15)17-8-7-12-11(13)9-10-5-3-2-4-6-10;2*1-2;/h2-6H,7-9H2,1H3,(H,12,13)(H,14,15);2*1-2H3;1H4/p-1. The Balaban J connectivity index is -0.000000739. The molecule has 7 heteroatoms. The molecule has 0 saturated carbocycles. The molecule has 23 heavy (non-hydrogen) atoms. The Labute approximate surface area is 140 Å². The lowest BCUT2D eigenvalue weighted by Crippen LogP contribution is -2.28. The minimum atomic E-state index is -4.20. The van der Waals surface area contributed by atoms with Gasteiger partial charge in [0.15, 0.2) is 0 Å². The molecule has 0 aliphatic rings. The third kappa shape index (κ3) is 15.5. The van der Waals surface area contributed by atoms with Crippen molar-refractivity contribution in [1.82, 2.24) is 5.32 Å². The van der Waals surface area contributed by atoms with Crippen molar-refractivity contribution >= 4 is 13.7 Å². The van der Waals surface area contributed by atoms with E-state index in [0.29, 0.717) is 0 Å². The van der Waals surface area contributed by atoms with Gasteiger partial charge in [0.1, 0.15) is 0 Å². The fourth-order valence-electron chi connectivity index (χ4n) is 1.24. The maximum Gasteiger partial charge on any atom is 0.267 e. The highest BCUT2D eigenvalue weighted by Gasteiger charge is 2.06. The van der Waals surface area contributed by atoms with Crippen molar-refractivity contribution in [1.29, 1.82) is 0 Å². The average Bonchev–Trinajstić information content (AvgIpc) is 2.56. The number of phosphoric ester groups is 1. The second kappa shape index (κ2) is 17.2. The molecule has 0 saturated heterocycles. The Morgan fingerprint density at radius 3 is 2.17 bits per heavy atom. The maximum atomic E-state index is 11.5. The van der Waals surface area contributed by atoms with Gasteiger partial charge in [-0.25, -0.2) is 0 Å². The van der Waals surface area contributed by atoms with E-state index in [9.17, 15) is 14.3 Å². The van der Waals surface area contributed by atoms with Crippen LogP contribution in [0, 0.1) is 0 Å². The third-order valence-electron chi connectivity index (χ3n) is 2.10. The summed E-state index contributed by atoms with van der Waals surface area (Å²) in [6.45, 7) is 7.97. The largest absolute Gasteiger partial charge is 0.756 e. The van der Waals surface area contributed by atoms with Crippen LogP contribution in [-0.4, -0.2) is 26.2 Å². The molecular weight excluding hydrogens is 317 g/mol. The molecule has 0 aliphatic carbocycles. The van der Waals surface area contributed by atoms with Gasteiger partial charge in [-0.15, -0.1) is 0 Å². The molecule has 1 unspecified atom stereocenters. The van der Waals surface area contributed by atoms with Crippen LogP contribution in [0.25, 0.3) is 0 Å². The zero-order valence-electron chi connectivity index (χ0n) is 14.0. The second-order valence-electron chi connectivity index (χ2n) is 3.48. The summed E-state index contributed by atoms with van der Waals surface area (Å²) < 4.78 is 19.4. The fourth-order valence-corrected chi connectivity index (χ4v) is 1.66. The first-order valence-corrected chi connectivity index (χ1v) is 8.81. The van der Waals surface area contributed by atoms with E-state index in [1.54, 1.807) is 0 Å². The normalized spacial score (nSPS) is 11.4. The zero-order chi connectivity index (χ0) is 17.4. The quantitative estimate of drug-likeness (QED) is 0.604. The number of hydrogen-bond donors (Lipinski definition) is 1. The molecule has 1 aromatic rings. The van der Waals surface area contributed by atoms with E-state index < -0.39 is 7.82 Å². The summed E-state index contributed by atoms with van der Waals surface area (Å²) in [4.78, 5) is 22.3. The lowest BCUT2D eigenvalue weighted by molar-refractivity contribution is -0.222. The summed E-state index contributed by atoms with van der Waals surface area (Å²) in [5.74, 6) is -0.192. The highest BCUT2D eigenvalue weighted by Crippen LogP contribution is 2.36. The van der Waals surface area contributed by atoms with Gasteiger partial charge >= 0.3 is 0 Å². The summed E-state index contributed by atoms with van der Waals surface area (Å²) in [6.07, 6.45) is 0.250. The predicted octanol–water partition coefficient (Wildman–Crippen LogP) is 3.17. The van der Waals surface area contributed by atoms with E-state index in [1.165, 1.54) is 0 Å². The Morgan fingerprint density at radius 2 is 1.70 bits per heavy atom. The van der Waals surface area contributed by atoms with Crippen molar-refractivity contribution in [2.24, 2.45) is 0 Å². The van der Waals surface area contributed by atoms with E-state index in [-0.39, 0.29) is 32.9 Å². The number of amides is 1. The molecule has 1 N–H and O–H groups in total. The Hall–Kier alpha value is -1.20. The highest BCUT2D eigenvalue weighted by molar-refractivity contribution is 7.45. The van der Waals surface area contributed by atoms with Crippen LogP contribution in [-0.2, 0) is 24.8 Å². The summed E-state index contributed by atoms with van der Waals surface area (Å²) in [5, 5.41) is 2.55. The molecule has 1 amide bonds. The molecule has 0 fully saturated rings. The van der Waals surface area contributed by atoms with E-state index in [1.807, 2.05) is 58.0 Å². The van der Waals surface area contributed by atoms with Gasteiger partial charge in [-0.1, -0.05) is 65.5 Å². The molecule has 0 bridgehead atoms. The van der Waals surface area contributed by atoms with Crippen molar-refractivity contribution in [2.75, 3.05) is 20.3 Å². The number of hydrogen-bond acceptors (Lipinski definition) is 5. The van der Waals surface area contributed by atoms with E-state index in [4.69, 9.17) is 0 Å². The van der Waals surface area contributed by atoms with Crippen LogP contribution in [0.5, 0.6) is 0 Å². The molecule has 1 atom stereocenters. The van der Waals surface area contributed by atoms with Gasteiger partial charge in [0.2, 0.25) is 5.91 Å². The number of nitrogens with one attached hydrogen (secondary N) is 1. The van der Waals surface area contributed by atoms with Gasteiger partial charge in [0, 0.05) is 13.7 Å². The van der Waals surface area contributed by atoms with Crippen LogP contribution < -0.4 is 10.2 Å². The summed E-state index contributed by atoms with van der Waals surface area (Å²) in [5.41, 5.74) is 0.891. The number of phosphoric acid groups is 1. The van der Waals surface area contributed by atoms with Gasteiger partial charge in [-0.05, 0) is 5.56 Å². The van der Waals surface area contributed by atoms with Gasteiger partial charge in [0.05, 0.1) is 13.0 Å². The topological polar surface area (TPSA) is 87.7 Å². The first-order chi connectivity index (χ1) is 10.5. The van der Waals surface area contributed by atoms with Crippen LogP contribution >= 0.6 is 7.82 Å². The number of rotatable bonds is 7. The summed E-state index contributed by atoms with van der Waals surface area (Å²) in [6, 6.07) is 9.24. The lowest BCUT2D eigenvalue weighted by Gasteiger charge is -2.20.